The van der Waals surface area contributed by atoms with Gasteiger partial charge in [-0.2, -0.15) is 4.99 Å². The third-order valence-electron chi connectivity index (χ3n) is 3.99. The Bertz CT molecular complexity index is 1110. The summed E-state index contributed by atoms with van der Waals surface area (Å²) in [7, 11) is 1.34. The molecule has 0 N–H and O–H groups in total. The SMILES string of the molecule is C=CCn1c(=NC(=O)COc2cccc(C)c2)sc2cc(C(=O)OC)ccc21. The molecule has 144 valence electrons. The maximum absolute atomic E-state index is 12.3. The van der Waals surface area contributed by atoms with Gasteiger partial charge in [0, 0.05) is 6.54 Å². The zero-order chi connectivity index (χ0) is 20.1. The fraction of sp³-hybridized carbons (Fsp3) is 0.190. The second kappa shape index (κ2) is 8.67. The minimum Gasteiger partial charge on any atom is -0.484 e. The summed E-state index contributed by atoms with van der Waals surface area (Å²) >= 11 is 1.32. The Labute approximate surface area is 166 Å². The van der Waals surface area contributed by atoms with Gasteiger partial charge in [-0.05, 0) is 42.8 Å². The minimum atomic E-state index is -0.410. The molecule has 0 aliphatic carbocycles. The number of aryl methyl sites for hydroxylation is 1. The van der Waals surface area contributed by atoms with Crippen molar-refractivity contribution in [3.63, 3.8) is 0 Å². The molecule has 2 aromatic carbocycles. The predicted octanol–water partition coefficient (Wildman–Crippen LogP) is 3.49. The molecule has 3 aromatic rings. The van der Waals surface area contributed by atoms with Crippen LogP contribution in [0.25, 0.3) is 10.2 Å². The van der Waals surface area contributed by atoms with E-state index in [1.807, 2.05) is 35.8 Å². The summed E-state index contributed by atoms with van der Waals surface area (Å²) in [6.07, 6.45) is 1.73. The largest absolute Gasteiger partial charge is 0.484 e. The van der Waals surface area contributed by atoms with Crippen molar-refractivity contribution in [1.82, 2.24) is 4.57 Å². The molecule has 1 heterocycles. The lowest BCUT2D eigenvalue weighted by molar-refractivity contribution is -0.120. The maximum Gasteiger partial charge on any atom is 0.337 e. The van der Waals surface area contributed by atoms with Crippen molar-refractivity contribution in [2.45, 2.75) is 13.5 Å². The highest BCUT2D eigenvalue weighted by Gasteiger charge is 2.11. The number of amides is 1. The van der Waals surface area contributed by atoms with Gasteiger partial charge in [-0.15, -0.1) is 6.58 Å². The van der Waals surface area contributed by atoms with Crippen LogP contribution < -0.4 is 9.54 Å². The lowest BCUT2D eigenvalue weighted by Gasteiger charge is -2.04. The fourth-order valence-corrected chi connectivity index (χ4v) is 3.79. The number of nitrogens with zero attached hydrogens (tertiary/aromatic N) is 2. The number of rotatable bonds is 6. The van der Waals surface area contributed by atoms with Crippen LogP contribution in [0.1, 0.15) is 15.9 Å². The Morgan fingerprint density at radius 2 is 2.07 bits per heavy atom. The van der Waals surface area contributed by atoms with Crippen molar-refractivity contribution in [2.75, 3.05) is 13.7 Å². The number of hydrogen-bond donors (Lipinski definition) is 0. The van der Waals surface area contributed by atoms with Crippen molar-refractivity contribution < 1.29 is 19.1 Å². The third-order valence-corrected chi connectivity index (χ3v) is 5.03. The van der Waals surface area contributed by atoms with E-state index in [1.54, 1.807) is 24.3 Å². The molecule has 0 spiro atoms. The van der Waals surface area contributed by atoms with Crippen LogP contribution in [0.15, 0.2) is 60.1 Å². The summed E-state index contributed by atoms with van der Waals surface area (Å²) in [5.74, 6) is -0.174. The molecule has 0 radical (unpaired) electrons. The Kier molecular flexibility index (Phi) is 6.06. The lowest BCUT2D eigenvalue weighted by atomic mass is 10.2. The lowest BCUT2D eigenvalue weighted by Crippen LogP contribution is -2.19. The second-order valence-electron chi connectivity index (χ2n) is 6.07. The number of ether oxygens (including phenoxy) is 2. The second-order valence-corrected chi connectivity index (χ2v) is 7.08. The van der Waals surface area contributed by atoms with Gasteiger partial charge < -0.3 is 14.0 Å². The van der Waals surface area contributed by atoms with Crippen LogP contribution in [0.5, 0.6) is 5.75 Å². The first kappa shape index (κ1) is 19.6. The summed E-state index contributed by atoms with van der Waals surface area (Å²) in [4.78, 5) is 28.8. The number of carbonyl (C=O) groups excluding carboxylic acids is 2. The van der Waals surface area contributed by atoms with Crippen molar-refractivity contribution >= 4 is 33.4 Å². The monoisotopic (exact) mass is 396 g/mol. The van der Waals surface area contributed by atoms with Crippen LogP contribution >= 0.6 is 11.3 Å². The number of carbonyl (C=O) groups is 2. The smallest absolute Gasteiger partial charge is 0.337 e. The standard InChI is InChI=1S/C21H20N2O4S/c1-4-10-23-17-9-8-15(20(25)26-3)12-18(17)28-21(23)22-19(24)13-27-16-7-5-6-14(2)11-16/h4-9,11-12H,1,10,13H2,2-3H3. The van der Waals surface area contributed by atoms with E-state index >= 15 is 0 Å². The maximum atomic E-state index is 12.3. The van der Waals surface area contributed by atoms with E-state index in [0.29, 0.717) is 22.7 Å². The van der Waals surface area contributed by atoms with Gasteiger partial charge in [-0.25, -0.2) is 4.79 Å². The van der Waals surface area contributed by atoms with Crippen LogP contribution in [0.2, 0.25) is 0 Å². The van der Waals surface area contributed by atoms with Gasteiger partial charge in [0.1, 0.15) is 5.75 Å². The number of benzene rings is 2. The molecule has 6 nitrogen and oxygen atoms in total. The van der Waals surface area contributed by atoms with Gasteiger partial charge in [0.25, 0.3) is 5.91 Å². The Morgan fingerprint density at radius 3 is 2.79 bits per heavy atom. The first-order valence-electron chi connectivity index (χ1n) is 8.61. The topological polar surface area (TPSA) is 69.9 Å². The summed E-state index contributed by atoms with van der Waals surface area (Å²) in [5.41, 5.74) is 2.36. The number of thiazole rings is 1. The van der Waals surface area contributed by atoms with E-state index in [9.17, 15) is 9.59 Å². The molecule has 0 saturated heterocycles. The number of aromatic nitrogens is 1. The quantitative estimate of drug-likeness (QED) is 0.472. The predicted molar refractivity (Wildman–Crippen MR) is 109 cm³/mol. The van der Waals surface area contributed by atoms with Crippen molar-refractivity contribution in [2.24, 2.45) is 4.99 Å². The average Bonchev–Trinajstić information content (AvgIpc) is 3.02. The van der Waals surface area contributed by atoms with Gasteiger partial charge >= 0.3 is 5.97 Å². The Morgan fingerprint density at radius 1 is 1.25 bits per heavy atom. The summed E-state index contributed by atoms with van der Waals surface area (Å²) in [6.45, 7) is 6.05. The van der Waals surface area contributed by atoms with Gasteiger partial charge in [0.2, 0.25) is 0 Å². The molecule has 3 rings (SSSR count). The molecular weight excluding hydrogens is 376 g/mol. The minimum absolute atomic E-state index is 0.154. The summed E-state index contributed by atoms with van der Waals surface area (Å²) in [5, 5.41) is 0. The fourth-order valence-electron chi connectivity index (χ4n) is 2.70. The first-order chi connectivity index (χ1) is 13.5. The third kappa shape index (κ3) is 4.37. The summed E-state index contributed by atoms with van der Waals surface area (Å²) in [6, 6.07) is 12.7. The highest BCUT2D eigenvalue weighted by molar-refractivity contribution is 7.16. The van der Waals surface area contributed by atoms with Crippen LogP contribution in [0.3, 0.4) is 0 Å². The molecule has 0 unspecified atom stereocenters. The van der Waals surface area contributed by atoms with E-state index < -0.39 is 5.97 Å². The van der Waals surface area contributed by atoms with E-state index in [-0.39, 0.29) is 12.5 Å². The van der Waals surface area contributed by atoms with Crippen molar-refractivity contribution in [3.05, 3.63) is 71.0 Å². The molecule has 0 aliphatic rings. The first-order valence-corrected chi connectivity index (χ1v) is 9.43. The highest BCUT2D eigenvalue weighted by atomic mass is 32.1. The average molecular weight is 396 g/mol. The molecule has 0 fully saturated rings. The van der Waals surface area contributed by atoms with Crippen molar-refractivity contribution in [3.8, 4) is 5.75 Å². The Hall–Kier alpha value is -3.19. The van der Waals surface area contributed by atoms with Gasteiger partial charge in [-0.1, -0.05) is 29.5 Å². The molecule has 7 heteroatoms. The number of hydrogen-bond acceptors (Lipinski definition) is 5. The number of methoxy groups -OCH3 is 1. The molecule has 0 saturated carbocycles. The van der Waals surface area contributed by atoms with Gasteiger partial charge in [0.05, 0.1) is 22.9 Å². The molecule has 28 heavy (non-hydrogen) atoms. The van der Waals surface area contributed by atoms with Crippen LogP contribution in [0.4, 0.5) is 0 Å². The molecule has 0 bridgehead atoms. The molecule has 0 atom stereocenters. The number of esters is 1. The molecule has 1 aromatic heterocycles. The number of allylic oxidation sites excluding steroid dienone is 1. The Balaban J connectivity index is 1.91. The van der Waals surface area contributed by atoms with E-state index in [0.717, 1.165) is 15.8 Å². The van der Waals surface area contributed by atoms with E-state index in [2.05, 4.69) is 11.6 Å². The van der Waals surface area contributed by atoms with Crippen LogP contribution in [0, 0.1) is 6.92 Å². The highest BCUT2D eigenvalue weighted by Crippen LogP contribution is 2.20. The molecular formula is C21H20N2O4S. The zero-order valence-electron chi connectivity index (χ0n) is 15.7. The number of fused-ring (bicyclic) bond motifs is 1. The van der Waals surface area contributed by atoms with Crippen LogP contribution in [-0.4, -0.2) is 30.2 Å². The van der Waals surface area contributed by atoms with Crippen molar-refractivity contribution in [1.29, 1.82) is 0 Å². The zero-order valence-corrected chi connectivity index (χ0v) is 16.5. The van der Waals surface area contributed by atoms with Gasteiger partial charge in [0.15, 0.2) is 11.4 Å². The van der Waals surface area contributed by atoms with E-state index in [4.69, 9.17) is 9.47 Å². The van der Waals surface area contributed by atoms with Crippen LogP contribution in [-0.2, 0) is 16.1 Å². The van der Waals surface area contributed by atoms with E-state index in [1.165, 1.54) is 18.4 Å². The van der Waals surface area contributed by atoms with Gasteiger partial charge in [-0.3, -0.25) is 4.79 Å². The summed E-state index contributed by atoms with van der Waals surface area (Å²) < 4.78 is 13.0. The molecule has 0 aliphatic heterocycles. The molecule has 1 amide bonds. The normalized spacial score (nSPS) is 11.4.